The van der Waals surface area contributed by atoms with Gasteiger partial charge in [-0.3, -0.25) is 0 Å². The minimum Gasteiger partial charge on any atom is -0.338 e. The molecule has 2 N–H and O–H groups in total. The molecule has 15 heavy (non-hydrogen) atoms. The quantitative estimate of drug-likeness (QED) is 0.834. The molecule has 1 aromatic heterocycles. The second kappa shape index (κ2) is 4.53. The van der Waals surface area contributed by atoms with Gasteiger partial charge in [0.25, 0.3) is 0 Å². The molecule has 1 aliphatic rings. The zero-order valence-electron chi connectivity index (χ0n) is 9.14. The van der Waals surface area contributed by atoms with Gasteiger partial charge in [-0.25, -0.2) is 0 Å². The Kier molecular flexibility index (Phi) is 3.31. The van der Waals surface area contributed by atoms with Gasteiger partial charge < -0.3 is 10.3 Å². The normalized spacial score (nSPS) is 18.4. The Morgan fingerprint density at radius 3 is 2.87 bits per heavy atom. The van der Waals surface area contributed by atoms with Crippen molar-refractivity contribution in [2.45, 2.75) is 43.7 Å². The molecule has 0 radical (unpaired) electrons. The fourth-order valence-corrected chi connectivity index (χ4v) is 1.96. The summed E-state index contributed by atoms with van der Waals surface area (Å²) in [7, 11) is 0. The Morgan fingerprint density at radius 1 is 1.53 bits per heavy atom. The molecule has 84 valence electrons. The molecular formula is C10H17N3OS. The number of rotatable bonds is 5. The van der Waals surface area contributed by atoms with Crippen LogP contribution in [0.4, 0.5) is 0 Å². The number of aromatic nitrogens is 2. The second-order valence-corrected chi connectivity index (χ2v) is 5.84. The zero-order valence-corrected chi connectivity index (χ0v) is 9.96. The molecule has 0 amide bonds. The highest BCUT2D eigenvalue weighted by atomic mass is 32.2. The first-order valence-corrected chi connectivity index (χ1v) is 6.41. The highest BCUT2D eigenvalue weighted by Crippen LogP contribution is 2.38. The van der Waals surface area contributed by atoms with E-state index >= 15 is 0 Å². The highest BCUT2D eigenvalue weighted by molar-refractivity contribution is 7.99. The van der Waals surface area contributed by atoms with Crippen LogP contribution in [0.3, 0.4) is 0 Å². The van der Waals surface area contributed by atoms with Gasteiger partial charge in [-0.15, -0.1) is 0 Å². The third-order valence-corrected chi connectivity index (χ3v) is 3.54. The third kappa shape index (κ3) is 2.95. The van der Waals surface area contributed by atoms with Crippen molar-refractivity contribution < 1.29 is 4.52 Å². The Labute approximate surface area is 94.0 Å². The summed E-state index contributed by atoms with van der Waals surface area (Å²) in [6.07, 6.45) is 2.39. The SMILES string of the molecule is CC(C)SCc1noc(C(N)C2CC2)n1. The molecular weight excluding hydrogens is 210 g/mol. The van der Waals surface area contributed by atoms with Crippen molar-refractivity contribution in [1.29, 1.82) is 0 Å². The molecule has 4 nitrogen and oxygen atoms in total. The molecule has 2 rings (SSSR count). The summed E-state index contributed by atoms with van der Waals surface area (Å²) in [6, 6.07) is -0.0460. The van der Waals surface area contributed by atoms with Gasteiger partial charge in [0.1, 0.15) is 0 Å². The summed E-state index contributed by atoms with van der Waals surface area (Å²) in [4.78, 5) is 4.32. The monoisotopic (exact) mass is 227 g/mol. The minimum absolute atomic E-state index is 0.0460. The van der Waals surface area contributed by atoms with Crippen molar-refractivity contribution in [3.8, 4) is 0 Å². The summed E-state index contributed by atoms with van der Waals surface area (Å²) in [5, 5.41) is 4.52. The standard InChI is InChI=1S/C10H17N3OS/c1-6(2)15-5-8-12-10(14-13-8)9(11)7-3-4-7/h6-7,9H,3-5,11H2,1-2H3. The fourth-order valence-electron chi connectivity index (χ4n) is 1.36. The summed E-state index contributed by atoms with van der Waals surface area (Å²) < 4.78 is 5.16. The molecule has 1 atom stereocenters. The molecule has 0 saturated heterocycles. The number of nitrogens with zero attached hydrogens (tertiary/aromatic N) is 2. The number of hydrogen-bond acceptors (Lipinski definition) is 5. The first kappa shape index (κ1) is 11.0. The van der Waals surface area contributed by atoms with E-state index in [0.717, 1.165) is 11.6 Å². The van der Waals surface area contributed by atoms with Crippen LogP contribution in [0.15, 0.2) is 4.52 Å². The minimum atomic E-state index is -0.0460. The van der Waals surface area contributed by atoms with E-state index in [4.69, 9.17) is 10.3 Å². The molecule has 1 aliphatic carbocycles. The lowest BCUT2D eigenvalue weighted by Gasteiger charge is -2.02. The highest BCUT2D eigenvalue weighted by Gasteiger charge is 2.33. The molecule has 0 bridgehead atoms. The van der Waals surface area contributed by atoms with Gasteiger partial charge >= 0.3 is 0 Å². The fraction of sp³-hybridized carbons (Fsp3) is 0.800. The largest absolute Gasteiger partial charge is 0.338 e. The lowest BCUT2D eigenvalue weighted by Crippen LogP contribution is -2.12. The number of nitrogens with two attached hydrogens (primary N) is 1. The molecule has 1 aromatic rings. The average Bonchev–Trinajstić information content (AvgIpc) is 2.93. The van der Waals surface area contributed by atoms with Gasteiger partial charge in [-0.2, -0.15) is 16.7 Å². The van der Waals surface area contributed by atoms with Gasteiger partial charge in [-0.05, 0) is 24.0 Å². The van der Waals surface area contributed by atoms with E-state index in [0.29, 0.717) is 17.1 Å². The maximum absolute atomic E-state index is 5.97. The smallest absolute Gasteiger partial charge is 0.243 e. The van der Waals surface area contributed by atoms with Crippen molar-refractivity contribution in [1.82, 2.24) is 10.1 Å². The van der Waals surface area contributed by atoms with E-state index in [2.05, 4.69) is 24.0 Å². The molecule has 0 aliphatic heterocycles. The molecule has 1 unspecified atom stereocenters. The molecule has 1 heterocycles. The Hall–Kier alpha value is -0.550. The Bertz CT molecular complexity index is 322. The van der Waals surface area contributed by atoms with Crippen molar-refractivity contribution >= 4 is 11.8 Å². The lowest BCUT2D eigenvalue weighted by atomic mass is 10.2. The van der Waals surface area contributed by atoms with Crippen LogP contribution in [-0.4, -0.2) is 15.4 Å². The predicted molar refractivity (Wildman–Crippen MR) is 60.4 cm³/mol. The number of hydrogen-bond donors (Lipinski definition) is 1. The van der Waals surface area contributed by atoms with E-state index in [9.17, 15) is 0 Å². The average molecular weight is 227 g/mol. The summed E-state index contributed by atoms with van der Waals surface area (Å²) in [5.74, 6) is 2.74. The topological polar surface area (TPSA) is 64.9 Å². The Balaban J connectivity index is 1.91. The van der Waals surface area contributed by atoms with Gasteiger partial charge in [0.05, 0.1) is 11.8 Å². The lowest BCUT2D eigenvalue weighted by molar-refractivity contribution is 0.341. The van der Waals surface area contributed by atoms with E-state index in [1.807, 2.05) is 11.8 Å². The van der Waals surface area contributed by atoms with Crippen LogP contribution in [0, 0.1) is 5.92 Å². The summed E-state index contributed by atoms with van der Waals surface area (Å²) in [6.45, 7) is 4.31. The van der Waals surface area contributed by atoms with Crippen LogP contribution in [0.25, 0.3) is 0 Å². The van der Waals surface area contributed by atoms with Crippen molar-refractivity contribution in [3.05, 3.63) is 11.7 Å². The molecule has 0 spiro atoms. The number of thioether (sulfide) groups is 1. The third-order valence-electron chi connectivity index (χ3n) is 2.44. The molecule has 1 fully saturated rings. The first-order valence-electron chi connectivity index (χ1n) is 5.36. The van der Waals surface area contributed by atoms with Crippen LogP contribution < -0.4 is 5.73 Å². The van der Waals surface area contributed by atoms with E-state index in [1.165, 1.54) is 12.8 Å². The van der Waals surface area contributed by atoms with Crippen molar-refractivity contribution in [2.75, 3.05) is 0 Å². The summed E-state index contributed by atoms with van der Waals surface area (Å²) >= 11 is 1.81. The van der Waals surface area contributed by atoms with E-state index < -0.39 is 0 Å². The maximum Gasteiger partial charge on any atom is 0.243 e. The van der Waals surface area contributed by atoms with Crippen LogP contribution in [0.1, 0.15) is 44.4 Å². The van der Waals surface area contributed by atoms with Gasteiger partial charge in [0.2, 0.25) is 5.89 Å². The zero-order chi connectivity index (χ0) is 10.8. The maximum atomic E-state index is 5.97. The molecule has 1 saturated carbocycles. The first-order chi connectivity index (χ1) is 7.16. The van der Waals surface area contributed by atoms with Crippen LogP contribution in [-0.2, 0) is 5.75 Å². The molecule has 5 heteroatoms. The van der Waals surface area contributed by atoms with Gasteiger partial charge in [0.15, 0.2) is 5.82 Å². The summed E-state index contributed by atoms with van der Waals surface area (Å²) in [5.41, 5.74) is 5.97. The van der Waals surface area contributed by atoms with Crippen molar-refractivity contribution in [3.63, 3.8) is 0 Å². The molecule has 0 aromatic carbocycles. The van der Waals surface area contributed by atoms with Crippen LogP contribution in [0.5, 0.6) is 0 Å². The van der Waals surface area contributed by atoms with Crippen molar-refractivity contribution in [2.24, 2.45) is 11.7 Å². The van der Waals surface area contributed by atoms with Gasteiger partial charge in [-0.1, -0.05) is 19.0 Å². The Morgan fingerprint density at radius 2 is 2.27 bits per heavy atom. The van der Waals surface area contributed by atoms with Gasteiger partial charge in [0, 0.05) is 0 Å². The van der Waals surface area contributed by atoms with Crippen LogP contribution in [0.2, 0.25) is 0 Å². The van der Waals surface area contributed by atoms with E-state index in [1.54, 1.807) is 0 Å². The van der Waals surface area contributed by atoms with Crippen LogP contribution >= 0.6 is 11.8 Å². The predicted octanol–water partition coefficient (Wildman–Crippen LogP) is 2.12. The van der Waals surface area contributed by atoms with E-state index in [-0.39, 0.29) is 6.04 Å². The second-order valence-electron chi connectivity index (χ2n) is 4.27.